The molecule has 0 bridgehead atoms. The Morgan fingerprint density at radius 3 is 1.30 bits per heavy atom. The fourth-order valence-electron chi connectivity index (χ4n) is 3.95. The molecule has 0 unspecified atom stereocenters. The molecule has 5 rings (SSSR count). The van der Waals surface area contributed by atoms with Gasteiger partial charge in [0, 0.05) is 28.4 Å². The molecule has 0 aliphatic rings. The summed E-state index contributed by atoms with van der Waals surface area (Å²) in [6.45, 7) is 2.10. The Labute approximate surface area is 195 Å². The van der Waals surface area contributed by atoms with Gasteiger partial charge in [0.2, 0.25) is 0 Å². The van der Waals surface area contributed by atoms with Crippen LogP contribution in [0.5, 0.6) is 0 Å². The van der Waals surface area contributed by atoms with Crippen molar-refractivity contribution in [3.05, 3.63) is 139 Å². The number of para-hydroxylation sites is 2. The normalized spacial score (nSPS) is 10.6. The second kappa shape index (κ2) is 9.46. The van der Waals surface area contributed by atoms with Gasteiger partial charge in [-0.2, -0.15) is 0 Å². The van der Waals surface area contributed by atoms with E-state index in [-0.39, 0.29) is 0 Å². The monoisotopic (exact) mass is 426 g/mol. The molecule has 33 heavy (non-hydrogen) atoms. The zero-order chi connectivity index (χ0) is 22.5. The van der Waals surface area contributed by atoms with Crippen LogP contribution in [0.15, 0.2) is 133 Å². The lowest BCUT2D eigenvalue weighted by Gasteiger charge is -2.25. The minimum absolute atomic E-state index is 1.08. The summed E-state index contributed by atoms with van der Waals surface area (Å²) in [5.41, 5.74) is 9.25. The van der Waals surface area contributed by atoms with Crippen molar-refractivity contribution in [3.8, 4) is 11.1 Å². The second-order valence-corrected chi connectivity index (χ2v) is 8.12. The summed E-state index contributed by atoms with van der Waals surface area (Å²) in [4.78, 5) is 2.28. The maximum absolute atomic E-state index is 3.46. The van der Waals surface area contributed by atoms with Gasteiger partial charge in [-0.3, -0.25) is 0 Å². The third kappa shape index (κ3) is 4.81. The summed E-state index contributed by atoms with van der Waals surface area (Å²) in [7, 11) is 0. The van der Waals surface area contributed by atoms with E-state index in [1.54, 1.807) is 0 Å². The highest BCUT2D eigenvalue weighted by Gasteiger charge is 2.11. The van der Waals surface area contributed by atoms with Crippen LogP contribution in [0.4, 0.5) is 28.4 Å². The highest BCUT2D eigenvalue weighted by molar-refractivity contribution is 5.78. The van der Waals surface area contributed by atoms with Gasteiger partial charge in [-0.05, 0) is 78.7 Å². The van der Waals surface area contributed by atoms with Crippen molar-refractivity contribution in [2.75, 3.05) is 10.2 Å². The first-order valence-electron chi connectivity index (χ1n) is 11.2. The lowest BCUT2D eigenvalue weighted by Crippen LogP contribution is -2.09. The number of benzene rings is 5. The first kappa shape index (κ1) is 20.6. The third-order valence-electron chi connectivity index (χ3n) is 5.71. The summed E-state index contributed by atoms with van der Waals surface area (Å²) in [5.74, 6) is 0. The maximum Gasteiger partial charge on any atom is 0.0462 e. The average molecular weight is 427 g/mol. The van der Waals surface area contributed by atoms with E-state index in [2.05, 4.69) is 138 Å². The van der Waals surface area contributed by atoms with E-state index in [4.69, 9.17) is 0 Å². The van der Waals surface area contributed by atoms with Crippen LogP contribution >= 0.6 is 0 Å². The van der Waals surface area contributed by atoms with Crippen LogP contribution in [0, 0.1) is 6.92 Å². The van der Waals surface area contributed by atoms with Crippen LogP contribution in [-0.2, 0) is 0 Å². The smallest absolute Gasteiger partial charge is 0.0462 e. The fraction of sp³-hybridized carbons (Fsp3) is 0.0323. The van der Waals surface area contributed by atoms with Gasteiger partial charge in [0.15, 0.2) is 0 Å². The van der Waals surface area contributed by atoms with Crippen LogP contribution in [0.3, 0.4) is 0 Å². The first-order chi connectivity index (χ1) is 16.3. The minimum atomic E-state index is 1.08. The van der Waals surface area contributed by atoms with Gasteiger partial charge < -0.3 is 10.2 Å². The number of rotatable bonds is 6. The van der Waals surface area contributed by atoms with Gasteiger partial charge in [-0.1, -0.05) is 78.4 Å². The van der Waals surface area contributed by atoms with E-state index in [9.17, 15) is 0 Å². The van der Waals surface area contributed by atoms with E-state index < -0.39 is 0 Å². The van der Waals surface area contributed by atoms with Crippen LogP contribution in [0.1, 0.15) is 5.56 Å². The average Bonchev–Trinajstić information content (AvgIpc) is 2.88. The lowest BCUT2D eigenvalue weighted by atomic mass is 10.0. The molecule has 160 valence electrons. The predicted molar refractivity (Wildman–Crippen MR) is 141 cm³/mol. The number of hydrogen-bond acceptors (Lipinski definition) is 2. The summed E-state index contributed by atoms with van der Waals surface area (Å²) in [5, 5.41) is 3.46. The van der Waals surface area contributed by atoms with Crippen molar-refractivity contribution in [1.29, 1.82) is 0 Å². The van der Waals surface area contributed by atoms with Crippen LogP contribution in [-0.4, -0.2) is 0 Å². The molecule has 0 saturated carbocycles. The Kier molecular flexibility index (Phi) is 5.90. The zero-order valence-corrected chi connectivity index (χ0v) is 18.6. The number of hydrogen-bond donors (Lipinski definition) is 1. The van der Waals surface area contributed by atoms with Gasteiger partial charge in [0.25, 0.3) is 0 Å². The summed E-state index contributed by atoms with van der Waals surface area (Å²) in [6, 6.07) is 46.7. The summed E-state index contributed by atoms with van der Waals surface area (Å²) >= 11 is 0. The molecule has 0 heterocycles. The summed E-state index contributed by atoms with van der Waals surface area (Å²) in [6.07, 6.45) is 0. The van der Waals surface area contributed by atoms with E-state index in [1.807, 2.05) is 12.1 Å². The van der Waals surface area contributed by atoms with Crippen molar-refractivity contribution in [2.45, 2.75) is 6.92 Å². The Morgan fingerprint density at radius 1 is 0.424 bits per heavy atom. The Balaban J connectivity index is 1.38. The van der Waals surface area contributed by atoms with Crippen molar-refractivity contribution < 1.29 is 0 Å². The molecule has 0 fully saturated rings. The molecule has 0 radical (unpaired) electrons. The third-order valence-corrected chi connectivity index (χ3v) is 5.71. The molecule has 0 atom stereocenters. The molecule has 1 N–H and O–H groups in total. The first-order valence-corrected chi connectivity index (χ1v) is 11.2. The van der Waals surface area contributed by atoms with Gasteiger partial charge in [-0.25, -0.2) is 0 Å². The Morgan fingerprint density at radius 2 is 0.818 bits per heavy atom. The number of nitrogens with one attached hydrogen (secondary N) is 1. The Bertz CT molecular complexity index is 1250. The molecule has 0 aromatic heterocycles. The molecular weight excluding hydrogens is 400 g/mol. The molecule has 2 nitrogen and oxygen atoms in total. The lowest BCUT2D eigenvalue weighted by molar-refractivity contribution is 1.28. The van der Waals surface area contributed by atoms with Crippen LogP contribution in [0.2, 0.25) is 0 Å². The molecule has 0 aliphatic carbocycles. The molecule has 2 heteroatoms. The van der Waals surface area contributed by atoms with Crippen molar-refractivity contribution in [3.63, 3.8) is 0 Å². The second-order valence-electron chi connectivity index (χ2n) is 8.12. The van der Waals surface area contributed by atoms with E-state index in [1.165, 1.54) is 16.7 Å². The molecular formula is C31H26N2. The van der Waals surface area contributed by atoms with E-state index in [0.29, 0.717) is 0 Å². The SMILES string of the molecule is Cc1ccc(Nc2ccc(-c3ccc(N(c4ccccc4)c4ccccc4)cc3)cc2)cc1. The zero-order valence-electron chi connectivity index (χ0n) is 18.6. The van der Waals surface area contributed by atoms with Crippen LogP contribution < -0.4 is 10.2 Å². The standard InChI is InChI=1S/C31H26N2/c1-24-12-18-27(19-13-24)32-28-20-14-25(15-21-28)26-16-22-31(23-17-26)33(29-8-4-2-5-9-29)30-10-6-3-7-11-30/h2-23,32H,1H3. The maximum atomic E-state index is 3.46. The topological polar surface area (TPSA) is 15.3 Å². The van der Waals surface area contributed by atoms with Gasteiger partial charge in [-0.15, -0.1) is 0 Å². The van der Waals surface area contributed by atoms with Crippen molar-refractivity contribution >= 4 is 28.4 Å². The predicted octanol–water partition coefficient (Wildman–Crippen LogP) is 8.88. The number of anilines is 5. The molecule has 5 aromatic rings. The van der Waals surface area contributed by atoms with Gasteiger partial charge >= 0.3 is 0 Å². The van der Waals surface area contributed by atoms with Gasteiger partial charge in [0.05, 0.1) is 0 Å². The molecule has 5 aromatic carbocycles. The van der Waals surface area contributed by atoms with Gasteiger partial charge in [0.1, 0.15) is 0 Å². The fourth-order valence-corrected chi connectivity index (χ4v) is 3.95. The minimum Gasteiger partial charge on any atom is -0.356 e. The Hall–Kier alpha value is -4.30. The number of aryl methyl sites for hydroxylation is 1. The van der Waals surface area contributed by atoms with E-state index >= 15 is 0 Å². The molecule has 0 saturated heterocycles. The molecule has 0 amide bonds. The molecule has 0 aliphatic heterocycles. The highest BCUT2D eigenvalue weighted by atomic mass is 15.1. The van der Waals surface area contributed by atoms with Crippen molar-refractivity contribution in [1.82, 2.24) is 0 Å². The highest BCUT2D eigenvalue weighted by Crippen LogP contribution is 2.35. The van der Waals surface area contributed by atoms with Crippen LogP contribution in [0.25, 0.3) is 11.1 Å². The quantitative estimate of drug-likeness (QED) is 0.292. The molecule has 0 spiro atoms. The van der Waals surface area contributed by atoms with Crippen molar-refractivity contribution in [2.24, 2.45) is 0 Å². The number of nitrogens with zero attached hydrogens (tertiary/aromatic N) is 1. The largest absolute Gasteiger partial charge is 0.356 e. The van der Waals surface area contributed by atoms with E-state index in [0.717, 1.165) is 28.4 Å². The summed E-state index contributed by atoms with van der Waals surface area (Å²) < 4.78 is 0.